The van der Waals surface area contributed by atoms with Crippen LogP contribution in [-0.2, 0) is 9.53 Å². The molecule has 0 aromatic rings. The van der Waals surface area contributed by atoms with Crippen LogP contribution in [0.1, 0.15) is 34.6 Å². The molecule has 1 fully saturated rings. The first-order valence-electron chi connectivity index (χ1n) is 6.29. The average Bonchev–Trinajstić information content (AvgIpc) is 2.65. The maximum Gasteiger partial charge on any atom is 0.144 e. The molecule has 0 amide bonds. The van der Waals surface area contributed by atoms with Gasteiger partial charge in [0.05, 0.1) is 18.1 Å². The number of Topliss-reactive ketones (excluding diaryl/α,β-unsaturated/α-hetero) is 1. The van der Waals surface area contributed by atoms with Crippen LogP contribution in [0.3, 0.4) is 0 Å². The van der Waals surface area contributed by atoms with Gasteiger partial charge in [-0.25, -0.2) is 0 Å². The van der Waals surface area contributed by atoms with Gasteiger partial charge in [-0.1, -0.05) is 46.8 Å². The molecular weight excluding hydrogens is 216 g/mol. The second-order valence-corrected chi connectivity index (χ2v) is 6.48. The zero-order valence-electron chi connectivity index (χ0n) is 11.2. The quantitative estimate of drug-likeness (QED) is 0.710. The fourth-order valence-electron chi connectivity index (χ4n) is 2.92. The van der Waals surface area contributed by atoms with E-state index in [1.807, 2.05) is 46.8 Å². The topological polar surface area (TPSA) is 46.5 Å². The number of aliphatic hydroxyl groups is 1. The molecule has 0 aromatic heterocycles. The van der Waals surface area contributed by atoms with E-state index in [0.717, 1.165) is 0 Å². The van der Waals surface area contributed by atoms with Crippen molar-refractivity contribution in [2.45, 2.75) is 52.4 Å². The molecule has 3 nitrogen and oxygen atoms in total. The van der Waals surface area contributed by atoms with Gasteiger partial charge < -0.3 is 9.84 Å². The summed E-state index contributed by atoms with van der Waals surface area (Å²) in [6.07, 6.45) is 2.99. The predicted molar refractivity (Wildman–Crippen MR) is 65.5 cm³/mol. The summed E-state index contributed by atoms with van der Waals surface area (Å²) in [5.74, 6) is -0.208. The van der Waals surface area contributed by atoms with Crippen molar-refractivity contribution in [3.8, 4) is 0 Å². The third-order valence-electron chi connectivity index (χ3n) is 4.18. The van der Waals surface area contributed by atoms with Crippen LogP contribution in [0, 0.1) is 17.3 Å². The molecule has 2 aliphatic heterocycles. The van der Waals surface area contributed by atoms with Crippen LogP contribution in [-0.4, -0.2) is 28.7 Å². The SMILES string of the molecule is C[C@@H]1C(=O)[C@H](C)[C@H]2C=C[C@]1([C@@H](O)C(C)(C)C)O2. The molecule has 0 saturated carbocycles. The molecule has 2 heterocycles. The Bertz CT molecular complexity index is 366. The highest BCUT2D eigenvalue weighted by Crippen LogP contribution is 2.47. The Morgan fingerprint density at radius 3 is 2.53 bits per heavy atom. The van der Waals surface area contributed by atoms with Crippen molar-refractivity contribution >= 4 is 5.78 Å². The van der Waals surface area contributed by atoms with Gasteiger partial charge in [-0.2, -0.15) is 0 Å². The van der Waals surface area contributed by atoms with E-state index in [2.05, 4.69) is 0 Å². The van der Waals surface area contributed by atoms with Gasteiger partial charge in [0.25, 0.3) is 0 Å². The van der Waals surface area contributed by atoms with E-state index in [9.17, 15) is 9.90 Å². The number of fused-ring (bicyclic) bond motifs is 2. The van der Waals surface area contributed by atoms with Gasteiger partial charge in [0.2, 0.25) is 0 Å². The molecule has 17 heavy (non-hydrogen) atoms. The molecule has 3 heteroatoms. The average molecular weight is 238 g/mol. The highest BCUT2D eigenvalue weighted by Gasteiger charge is 2.57. The highest BCUT2D eigenvalue weighted by atomic mass is 16.5. The highest BCUT2D eigenvalue weighted by molar-refractivity contribution is 5.86. The maximum absolute atomic E-state index is 12.2. The molecule has 0 aliphatic carbocycles. The molecule has 2 aliphatic rings. The van der Waals surface area contributed by atoms with Gasteiger partial charge in [-0.3, -0.25) is 4.79 Å². The Balaban J connectivity index is 2.39. The Morgan fingerprint density at radius 2 is 2.00 bits per heavy atom. The van der Waals surface area contributed by atoms with Crippen LogP contribution in [0.2, 0.25) is 0 Å². The first kappa shape index (κ1) is 12.8. The zero-order chi connectivity index (χ0) is 13.0. The molecule has 2 rings (SSSR count). The van der Waals surface area contributed by atoms with Crippen LogP contribution in [0.4, 0.5) is 0 Å². The van der Waals surface area contributed by atoms with Crippen molar-refractivity contribution in [3.63, 3.8) is 0 Å². The number of rotatable bonds is 1. The van der Waals surface area contributed by atoms with Crippen LogP contribution >= 0.6 is 0 Å². The lowest BCUT2D eigenvalue weighted by atomic mass is 9.69. The third-order valence-corrected chi connectivity index (χ3v) is 4.18. The number of carbonyl (C=O) groups excluding carboxylic acids is 1. The number of ketones is 1. The van der Waals surface area contributed by atoms with Crippen LogP contribution < -0.4 is 0 Å². The zero-order valence-corrected chi connectivity index (χ0v) is 11.2. The normalized spacial score (nSPS) is 42.9. The van der Waals surface area contributed by atoms with Crippen molar-refractivity contribution < 1.29 is 14.6 Å². The van der Waals surface area contributed by atoms with Gasteiger partial charge >= 0.3 is 0 Å². The molecule has 0 aromatic carbocycles. The number of aliphatic hydroxyl groups excluding tert-OH is 1. The summed E-state index contributed by atoms with van der Waals surface area (Å²) in [6.45, 7) is 9.65. The van der Waals surface area contributed by atoms with E-state index in [4.69, 9.17) is 4.74 Å². The van der Waals surface area contributed by atoms with Gasteiger partial charge in [0.15, 0.2) is 0 Å². The van der Waals surface area contributed by atoms with Crippen LogP contribution in [0.5, 0.6) is 0 Å². The Kier molecular flexibility index (Phi) is 2.75. The summed E-state index contributed by atoms with van der Waals surface area (Å²) in [5.41, 5.74) is -1.14. The number of ether oxygens (including phenoxy) is 1. The van der Waals surface area contributed by atoms with Gasteiger partial charge in [-0.15, -0.1) is 0 Å². The summed E-state index contributed by atoms with van der Waals surface area (Å²) in [6, 6.07) is 0. The van der Waals surface area contributed by atoms with Crippen LogP contribution in [0.25, 0.3) is 0 Å². The maximum atomic E-state index is 12.2. The first-order valence-corrected chi connectivity index (χ1v) is 6.29. The van der Waals surface area contributed by atoms with E-state index in [1.54, 1.807) is 0 Å². The molecule has 2 bridgehead atoms. The summed E-state index contributed by atoms with van der Waals surface area (Å²) >= 11 is 0. The van der Waals surface area contributed by atoms with Gasteiger partial charge in [0.1, 0.15) is 11.4 Å². The van der Waals surface area contributed by atoms with Crippen molar-refractivity contribution in [3.05, 3.63) is 12.2 Å². The van der Waals surface area contributed by atoms with Gasteiger partial charge in [-0.05, 0) is 5.41 Å². The van der Waals surface area contributed by atoms with E-state index >= 15 is 0 Å². The van der Waals surface area contributed by atoms with Gasteiger partial charge in [0, 0.05) is 5.92 Å². The lowest BCUT2D eigenvalue weighted by molar-refractivity contribution is -0.195. The van der Waals surface area contributed by atoms with Crippen molar-refractivity contribution in [2.75, 3.05) is 0 Å². The number of hydrogen-bond donors (Lipinski definition) is 1. The number of hydrogen-bond acceptors (Lipinski definition) is 3. The minimum absolute atomic E-state index is 0.107. The Hall–Kier alpha value is -0.670. The largest absolute Gasteiger partial charge is 0.389 e. The Morgan fingerprint density at radius 1 is 1.41 bits per heavy atom. The van der Waals surface area contributed by atoms with Crippen LogP contribution in [0.15, 0.2) is 12.2 Å². The number of carbonyl (C=O) groups is 1. The molecule has 0 unspecified atom stereocenters. The monoisotopic (exact) mass is 238 g/mol. The molecule has 0 spiro atoms. The summed E-state index contributed by atoms with van der Waals surface area (Å²) in [4.78, 5) is 12.2. The molecular formula is C14H22O3. The molecule has 0 radical (unpaired) electrons. The van der Waals surface area contributed by atoms with E-state index in [-0.39, 0.29) is 29.1 Å². The van der Waals surface area contributed by atoms with Crippen molar-refractivity contribution in [1.29, 1.82) is 0 Å². The van der Waals surface area contributed by atoms with Crippen molar-refractivity contribution in [2.24, 2.45) is 17.3 Å². The summed E-state index contributed by atoms with van der Waals surface area (Å²) in [5, 5.41) is 10.5. The second kappa shape index (κ2) is 3.66. The smallest absolute Gasteiger partial charge is 0.144 e. The second-order valence-electron chi connectivity index (χ2n) is 6.48. The van der Waals surface area contributed by atoms with E-state index in [1.165, 1.54) is 0 Å². The van der Waals surface area contributed by atoms with E-state index in [0.29, 0.717) is 0 Å². The fourth-order valence-corrected chi connectivity index (χ4v) is 2.92. The molecule has 5 atom stereocenters. The molecule has 96 valence electrons. The minimum Gasteiger partial charge on any atom is -0.389 e. The van der Waals surface area contributed by atoms with E-state index < -0.39 is 11.7 Å². The minimum atomic E-state index is -0.827. The molecule has 1 N–H and O–H groups in total. The Labute approximate surface area is 103 Å². The predicted octanol–water partition coefficient (Wildman–Crippen LogP) is 1.94. The van der Waals surface area contributed by atoms with Crippen molar-refractivity contribution in [1.82, 2.24) is 0 Å². The fraction of sp³-hybridized carbons (Fsp3) is 0.786. The summed E-state index contributed by atoms with van der Waals surface area (Å²) in [7, 11) is 0. The standard InChI is InChI=1S/C14H22O3/c1-8-10-6-7-14(17-10,9(2)11(8)15)12(16)13(3,4)5/h6-10,12,16H,1-5H3/t8-,9-,10-,12+,14+/m1/s1. The lowest BCUT2D eigenvalue weighted by Crippen LogP contribution is -2.59. The first-order chi connectivity index (χ1) is 7.70. The summed E-state index contributed by atoms with van der Waals surface area (Å²) < 4.78 is 5.99. The molecule has 1 saturated heterocycles. The third kappa shape index (κ3) is 1.67. The lowest BCUT2D eigenvalue weighted by Gasteiger charge is -2.47.